The third kappa shape index (κ3) is 3.39. The minimum absolute atomic E-state index is 0.268. The molecule has 0 saturated heterocycles. The molecule has 2 amide bonds. The maximum atomic E-state index is 12.2. The Morgan fingerprint density at radius 1 is 1.04 bits per heavy atom. The molecule has 128 valence electrons. The fourth-order valence-electron chi connectivity index (χ4n) is 2.80. The number of pyridine rings is 1. The van der Waals surface area contributed by atoms with E-state index in [4.69, 9.17) is 0 Å². The summed E-state index contributed by atoms with van der Waals surface area (Å²) in [6.45, 7) is 0.452. The van der Waals surface area contributed by atoms with Gasteiger partial charge in [-0.25, -0.2) is 14.8 Å². The van der Waals surface area contributed by atoms with Crippen molar-refractivity contribution in [2.24, 2.45) is 0 Å². The number of imidazole rings is 1. The monoisotopic (exact) mass is 343 g/mol. The molecule has 0 aliphatic heterocycles. The van der Waals surface area contributed by atoms with E-state index < -0.39 is 0 Å². The van der Waals surface area contributed by atoms with Crippen LogP contribution in [0.1, 0.15) is 5.56 Å². The number of benzene rings is 2. The normalized spacial score (nSPS) is 10.6. The number of aromatic nitrogens is 3. The van der Waals surface area contributed by atoms with Crippen LogP contribution in [0.15, 0.2) is 79.5 Å². The molecule has 2 aromatic heterocycles. The van der Waals surface area contributed by atoms with Gasteiger partial charge in [-0.1, -0.05) is 42.5 Å². The molecule has 0 aliphatic carbocycles. The average Bonchev–Trinajstić information content (AvgIpc) is 3.22. The Hall–Kier alpha value is -3.67. The lowest BCUT2D eigenvalue weighted by Crippen LogP contribution is -2.28. The van der Waals surface area contributed by atoms with Gasteiger partial charge in [0.2, 0.25) is 0 Å². The number of carbonyl (C=O) groups is 1. The van der Waals surface area contributed by atoms with Gasteiger partial charge in [-0.15, -0.1) is 0 Å². The van der Waals surface area contributed by atoms with Crippen LogP contribution in [-0.4, -0.2) is 20.6 Å². The zero-order chi connectivity index (χ0) is 17.8. The summed E-state index contributed by atoms with van der Waals surface area (Å²) >= 11 is 0. The maximum Gasteiger partial charge on any atom is 0.319 e. The van der Waals surface area contributed by atoms with Crippen LogP contribution in [0.3, 0.4) is 0 Å². The van der Waals surface area contributed by atoms with Crippen molar-refractivity contribution in [3.05, 3.63) is 85.1 Å². The largest absolute Gasteiger partial charge is 0.334 e. The molecule has 0 saturated carbocycles. The minimum atomic E-state index is -0.268. The summed E-state index contributed by atoms with van der Waals surface area (Å²) in [5, 5.41) is 7.98. The highest BCUT2D eigenvalue weighted by atomic mass is 16.2. The lowest BCUT2D eigenvalue weighted by molar-refractivity contribution is 0.252. The second-order valence-corrected chi connectivity index (χ2v) is 5.82. The fourth-order valence-corrected chi connectivity index (χ4v) is 2.80. The van der Waals surface area contributed by atoms with E-state index in [1.807, 2.05) is 36.5 Å². The van der Waals surface area contributed by atoms with Crippen LogP contribution in [-0.2, 0) is 6.54 Å². The molecule has 6 nitrogen and oxygen atoms in total. The number of anilines is 1. The van der Waals surface area contributed by atoms with E-state index in [1.54, 1.807) is 29.4 Å². The summed E-state index contributed by atoms with van der Waals surface area (Å²) < 4.78 is 1.80. The molecule has 0 aliphatic rings. The first kappa shape index (κ1) is 15.8. The lowest BCUT2D eigenvalue weighted by Gasteiger charge is -2.10. The predicted octanol–water partition coefficient (Wildman–Crippen LogP) is 3.74. The molecular formula is C20H17N5O. The Morgan fingerprint density at radius 3 is 2.73 bits per heavy atom. The van der Waals surface area contributed by atoms with E-state index >= 15 is 0 Å². The van der Waals surface area contributed by atoms with Crippen LogP contribution in [0.5, 0.6) is 0 Å². The molecular weight excluding hydrogens is 326 g/mol. The van der Waals surface area contributed by atoms with Gasteiger partial charge in [-0.2, -0.15) is 0 Å². The van der Waals surface area contributed by atoms with Crippen molar-refractivity contribution in [2.45, 2.75) is 6.54 Å². The SMILES string of the molecule is O=C(NCc1cccc2ccccc12)Nc1ccc(-n2ccnc2)nc1. The van der Waals surface area contributed by atoms with E-state index in [0.717, 1.165) is 22.2 Å². The van der Waals surface area contributed by atoms with Gasteiger partial charge >= 0.3 is 6.03 Å². The molecule has 0 spiro atoms. The average molecular weight is 343 g/mol. The second kappa shape index (κ2) is 7.06. The van der Waals surface area contributed by atoms with Gasteiger partial charge in [0.15, 0.2) is 0 Å². The van der Waals surface area contributed by atoms with Gasteiger partial charge in [0, 0.05) is 18.9 Å². The Kier molecular flexibility index (Phi) is 4.30. The van der Waals surface area contributed by atoms with Gasteiger partial charge in [0.1, 0.15) is 12.1 Å². The Balaban J connectivity index is 1.39. The Labute approximate surface area is 150 Å². The van der Waals surface area contributed by atoms with Crippen LogP contribution in [0, 0.1) is 0 Å². The molecule has 4 aromatic rings. The van der Waals surface area contributed by atoms with E-state index in [2.05, 4.69) is 38.8 Å². The molecule has 26 heavy (non-hydrogen) atoms. The molecule has 6 heteroatoms. The van der Waals surface area contributed by atoms with Gasteiger partial charge in [0.25, 0.3) is 0 Å². The summed E-state index contributed by atoms with van der Waals surface area (Å²) in [5.41, 5.74) is 1.70. The zero-order valence-electron chi connectivity index (χ0n) is 14.0. The van der Waals surface area contributed by atoms with Crippen molar-refractivity contribution in [1.82, 2.24) is 19.9 Å². The topological polar surface area (TPSA) is 71.8 Å². The third-order valence-corrected chi connectivity index (χ3v) is 4.09. The van der Waals surface area contributed by atoms with Gasteiger partial charge in [0.05, 0.1) is 11.9 Å². The quantitative estimate of drug-likeness (QED) is 0.593. The zero-order valence-corrected chi connectivity index (χ0v) is 14.0. The highest BCUT2D eigenvalue weighted by Crippen LogP contribution is 2.18. The van der Waals surface area contributed by atoms with Crippen molar-refractivity contribution in [3.63, 3.8) is 0 Å². The number of fused-ring (bicyclic) bond motifs is 1. The highest BCUT2D eigenvalue weighted by Gasteiger charge is 2.05. The number of rotatable bonds is 4. The smallest absolute Gasteiger partial charge is 0.319 e. The van der Waals surface area contributed by atoms with Crippen LogP contribution < -0.4 is 10.6 Å². The molecule has 0 fully saturated rings. The first-order valence-corrected chi connectivity index (χ1v) is 8.25. The van der Waals surface area contributed by atoms with Crippen molar-refractivity contribution in [1.29, 1.82) is 0 Å². The van der Waals surface area contributed by atoms with E-state index in [1.165, 1.54) is 0 Å². The molecule has 2 heterocycles. The van der Waals surface area contributed by atoms with Gasteiger partial charge < -0.3 is 10.6 Å². The van der Waals surface area contributed by atoms with Gasteiger partial charge in [-0.05, 0) is 28.5 Å². The first-order valence-electron chi connectivity index (χ1n) is 8.25. The number of hydrogen-bond acceptors (Lipinski definition) is 3. The Morgan fingerprint density at radius 2 is 1.92 bits per heavy atom. The second-order valence-electron chi connectivity index (χ2n) is 5.82. The summed E-state index contributed by atoms with van der Waals surface area (Å²) in [7, 11) is 0. The number of amides is 2. The van der Waals surface area contributed by atoms with Crippen LogP contribution in [0.4, 0.5) is 10.5 Å². The molecule has 0 unspecified atom stereocenters. The number of urea groups is 1. The third-order valence-electron chi connectivity index (χ3n) is 4.09. The van der Waals surface area contributed by atoms with Crippen LogP contribution >= 0.6 is 0 Å². The van der Waals surface area contributed by atoms with Crippen molar-refractivity contribution in [2.75, 3.05) is 5.32 Å². The van der Waals surface area contributed by atoms with E-state index in [0.29, 0.717) is 12.2 Å². The van der Waals surface area contributed by atoms with Crippen molar-refractivity contribution >= 4 is 22.5 Å². The Bertz CT molecular complexity index is 1020. The molecule has 0 bridgehead atoms. The standard InChI is InChI=1S/C20H17N5O/c26-20(23-12-16-6-3-5-15-4-1-2-7-18(15)16)24-17-8-9-19(22-13-17)25-11-10-21-14-25/h1-11,13-14H,12H2,(H2,23,24,26). The summed E-state index contributed by atoms with van der Waals surface area (Å²) in [5.74, 6) is 0.740. The predicted molar refractivity (Wildman–Crippen MR) is 101 cm³/mol. The van der Waals surface area contributed by atoms with Crippen LogP contribution in [0.2, 0.25) is 0 Å². The summed E-state index contributed by atoms with van der Waals surface area (Å²) in [6.07, 6.45) is 6.79. The van der Waals surface area contributed by atoms with E-state index in [9.17, 15) is 4.79 Å². The van der Waals surface area contributed by atoms with E-state index in [-0.39, 0.29) is 6.03 Å². The minimum Gasteiger partial charge on any atom is -0.334 e. The fraction of sp³-hybridized carbons (Fsp3) is 0.0500. The summed E-state index contributed by atoms with van der Waals surface area (Å²) in [6, 6.07) is 17.6. The molecule has 2 aromatic carbocycles. The molecule has 2 N–H and O–H groups in total. The molecule has 4 rings (SSSR count). The van der Waals surface area contributed by atoms with Gasteiger partial charge in [-0.3, -0.25) is 4.57 Å². The van der Waals surface area contributed by atoms with Crippen molar-refractivity contribution < 1.29 is 4.79 Å². The number of nitrogens with one attached hydrogen (secondary N) is 2. The number of hydrogen-bond donors (Lipinski definition) is 2. The number of nitrogens with zero attached hydrogens (tertiary/aromatic N) is 3. The molecule has 0 atom stereocenters. The maximum absolute atomic E-state index is 12.2. The molecule has 0 radical (unpaired) electrons. The number of carbonyl (C=O) groups excluding carboxylic acids is 1. The highest BCUT2D eigenvalue weighted by molar-refractivity contribution is 5.90. The van der Waals surface area contributed by atoms with Crippen LogP contribution in [0.25, 0.3) is 16.6 Å². The lowest BCUT2D eigenvalue weighted by atomic mass is 10.0. The summed E-state index contributed by atoms with van der Waals surface area (Å²) in [4.78, 5) is 20.5. The first-order chi connectivity index (χ1) is 12.8. The van der Waals surface area contributed by atoms with Crippen molar-refractivity contribution in [3.8, 4) is 5.82 Å².